The van der Waals surface area contributed by atoms with Crippen molar-refractivity contribution >= 4 is 16.0 Å². The fourth-order valence-electron chi connectivity index (χ4n) is 3.01. The lowest BCUT2D eigenvalue weighted by Crippen LogP contribution is -2.42. The third kappa shape index (κ3) is 5.55. The summed E-state index contributed by atoms with van der Waals surface area (Å²) in [6.45, 7) is 2.34. The van der Waals surface area contributed by atoms with Crippen LogP contribution in [0.2, 0.25) is 0 Å². The Morgan fingerprint density at radius 2 is 1.89 bits per heavy atom. The third-order valence-electron chi connectivity index (χ3n) is 4.54. The largest absolute Gasteiger partial charge is 0.393 e. The van der Waals surface area contributed by atoms with Crippen LogP contribution < -0.4 is 10.0 Å². The molecule has 144 valence electrons. The van der Waals surface area contributed by atoms with E-state index in [1.165, 1.54) is 5.56 Å². The van der Waals surface area contributed by atoms with Crippen LogP contribution in [0.25, 0.3) is 0 Å². The van der Waals surface area contributed by atoms with E-state index in [-0.39, 0.29) is 16.9 Å². The summed E-state index contributed by atoms with van der Waals surface area (Å²) in [5.74, 6) is 0.232. The van der Waals surface area contributed by atoms with Gasteiger partial charge in [-0.05, 0) is 43.9 Å². The van der Waals surface area contributed by atoms with Gasteiger partial charge in [-0.2, -0.15) is 0 Å². The van der Waals surface area contributed by atoms with Crippen LogP contribution in [-0.4, -0.2) is 38.2 Å². The van der Waals surface area contributed by atoms with Gasteiger partial charge in [0.05, 0.1) is 23.6 Å². The number of sulfonamides is 1. The summed E-state index contributed by atoms with van der Waals surface area (Å²) in [5.41, 5.74) is 2.19. The number of nitrogens with one attached hydrogen (secondary N) is 2. The van der Waals surface area contributed by atoms with Gasteiger partial charge in [0.2, 0.25) is 5.96 Å². The zero-order chi connectivity index (χ0) is 19.3. The zero-order valence-corrected chi connectivity index (χ0v) is 16.1. The first-order valence-corrected chi connectivity index (χ1v) is 10.5. The Bertz CT molecular complexity index is 880. The molecule has 0 aromatic heterocycles. The quantitative estimate of drug-likeness (QED) is 0.678. The Morgan fingerprint density at radius 3 is 2.59 bits per heavy atom. The number of benzene rings is 2. The maximum Gasteiger partial charge on any atom is 0.264 e. The zero-order valence-electron chi connectivity index (χ0n) is 15.3. The molecule has 6 nitrogen and oxygen atoms in total. The Labute approximate surface area is 160 Å². The number of aliphatic hydroxyl groups is 1. The minimum absolute atomic E-state index is 0.0773. The summed E-state index contributed by atoms with van der Waals surface area (Å²) in [6, 6.07) is 16.6. The molecule has 0 aliphatic carbocycles. The van der Waals surface area contributed by atoms with Crippen LogP contribution in [0.1, 0.15) is 24.0 Å². The first-order valence-electron chi connectivity index (χ1n) is 9.05. The second-order valence-corrected chi connectivity index (χ2v) is 8.55. The number of aliphatic imine (C=N–C) groups is 1. The van der Waals surface area contributed by atoms with Gasteiger partial charge in [0.25, 0.3) is 10.0 Å². The summed E-state index contributed by atoms with van der Waals surface area (Å²) < 4.78 is 27.3. The third-order valence-corrected chi connectivity index (χ3v) is 5.89. The number of hydrogen-bond acceptors (Lipinski definition) is 5. The fraction of sp³-hybridized carbons (Fsp3) is 0.350. The van der Waals surface area contributed by atoms with Gasteiger partial charge in [0.1, 0.15) is 0 Å². The first kappa shape index (κ1) is 19.4. The standard InChI is InChI=1S/C20H25N3O3S/c1-15-7-11-19(12-8-15)27(25,26)23-20-21-14-17(22-20)13-18(24)10-9-16-5-3-2-4-6-16/h2-8,11-12,17-18,24H,9-10,13-14H2,1H3,(H2,21,22,23)/t17-,18-/m1/s1. The van der Waals surface area contributed by atoms with E-state index in [0.29, 0.717) is 19.4 Å². The van der Waals surface area contributed by atoms with Gasteiger partial charge < -0.3 is 10.4 Å². The SMILES string of the molecule is Cc1ccc(S(=O)(=O)NC2=NC[C@@H](C[C@H](O)CCc3ccccc3)N2)cc1. The van der Waals surface area contributed by atoms with Crippen LogP contribution in [-0.2, 0) is 16.4 Å². The molecular formula is C20H25N3O3S. The van der Waals surface area contributed by atoms with Crippen molar-refractivity contribution in [2.24, 2.45) is 4.99 Å². The molecular weight excluding hydrogens is 362 g/mol. The van der Waals surface area contributed by atoms with Crippen molar-refractivity contribution < 1.29 is 13.5 Å². The van der Waals surface area contributed by atoms with E-state index in [2.05, 4.69) is 15.0 Å². The molecule has 0 saturated carbocycles. The summed E-state index contributed by atoms with van der Waals surface area (Å²) in [7, 11) is -3.66. The summed E-state index contributed by atoms with van der Waals surface area (Å²) in [4.78, 5) is 4.42. The number of aryl methyl sites for hydroxylation is 2. The number of guanidine groups is 1. The topological polar surface area (TPSA) is 90.8 Å². The number of hydrogen-bond donors (Lipinski definition) is 3. The monoisotopic (exact) mass is 387 g/mol. The number of rotatable bonds is 7. The fourth-order valence-corrected chi connectivity index (χ4v) is 4.00. The lowest BCUT2D eigenvalue weighted by molar-refractivity contribution is 0.145. The Morgan fingerprint density at radius 1 is 1.19 bits per heavy atom. The molecule has 0 unspecified atom stereocenters. The molecule has 27 heavy (non-hydrogen) atoms. The average molecular weight is 388 g/mol. The van der Waals surface area contributed by atoms with Crippen LogP contribution in [0, 0.1) is 6.92 Å². The molecule has 1 aliphatic rings. The van der Waals surface area contributed by atoms with E-state index in [4.69, 9.17) is 0 Å². The second-order valence-electron chi connectivity index (χ2n) is 6.86. The van der Waals surface area contributed by atoms with E-state index >= 15 is 0 Å². The van der Waals surface area contributed by atoms with Crippen molar-refractivity contribution in [1.29, 1.82) is 0 Å². The summed E-state index contributed by atoms with van der Waals surface area (Å²) >= 11 is 0. The van der Waals surface area contributed by atoms with Crippen molar-refractivity contribution in [3.8, 4) is 0 Å². The molecule has 3 N–H and O–H groups in total. The van der Waals surface area contributed by atoms with Gasteiger partial charge in [-0.15, -0.1) is 0 Å². The van der Waals surface area contributed by atoms with Crippen molar-refractivity contribution in [1.82, 2.24) is 10.0 Å². The Hall–Kier alpha value is -2.38. The molecule has 1 heterocycles. The molecule has 0 amide bonds. The van der Waals surface area contributed by atoms with Gasteiger partial charge in [0, 0.05) is 0 Å². The lowest BCUT2D eigenvalue weighted by Gasteiger charge is -2.17. The van der Waals surface area contributed by atoms with Crippen LogP contribution in [0.3, 0.4) is 0 Å². The highest BCUT2D eigenvalue weighted by Gasteiger charge is 2.24. The normalized spacial score (nSPS) is 17.9. The van der Waals surface area contributed by atoms with E-state index in [0.717, 1.165) is 12.0 Å². The van der Waals surface area contributed by atoms with Crippen molar-refractivity contribution in [3.63, 3.8) is 0 Å². The molecule has 1 aliphatic heterocycles. The van der Waals surface area contributed by atoms with Gasteiger partial charge >= 0.3 is 0 Å². The molecule has 7 heteroatoms. The van der Waals surface area contributed by atoms with Crippen molar-refractivity contribution in [2.45, 2.75) is 43.2 Å². The smallest absolute Gasteiger partial charge is 0.264 e. The van der Waals surface area contributed by atoms with E-state index in [9.17, 15) is 13.5 Å². The van der Waals surface area contributed by atoms with Crippen molar-refractivity contribution in [3.05, 3.63) is 65.7 Å². The highest BCUT2D eigenvalue weighted by Crippen LogP contribution is 2.13. The molecule has 0 spiro atoms. The molecule has 0 bridgehead atoms. The molecule has 2 atom stereocenters. The van der Waals surface area contributed by atoms with Gasteiger partial charge in [-0.25, -0.2) is 13.1 Å². The minimum Gasteiger partial charge on any atom is -0.393 e. The molecule has 2 aromatic carbocycles. The predicted molar refractivity (Wildman–Crippen MR) is 106 cm³/mol. The van der Waals surface area contributed by atoms with Crippen LogP contribution in [0.5, 0.6) is 0 Å². The number of aliphatic hydroxyl groups excluding tert-OH is 1. The Kier molecular flexibility index (Phi) is 6.13. The molecule has 0 fully saturated rings. The second kappa shape index (κ2) is 8.54. The van der Waals surface area contributed by atoms with Crippen molar-refractivity contribution in [2.75, 3.05) is 6.54 Å². The maximum atomic E-state index is 12.4. The predicted octanol–water partition coefficient (Wildman–Crippen LogP) is 1.98. The lowest BCUT2D eigenvalue weighted by atomic mass is 10.0. The van der Waals surface area contributed by atoms with Gasteiger partial charge in [-0.1, -0.05) is 48.0 Å². The van der Waals surface area contributed by atoms with E-state index in [1.54, 1.807) is 24.3 Å². The van der Waals surface area contributed by atoms with Crippen LogP contribution in [0.15, 0.2) is 64.5 Å². The van der Waals surface area contributed by atoms with Crippen LogP contribution in [0.4, 0.5) is 0 Å². The minimum atomic E-state index is -3.66. The molecule has 0 saturated heterocycles. The Balaban J connectivity index is 1.47. The summed E-state index contributed by atoms with van der Waals surface area (Å²) in [6.07, 6.45) is 1.52. The molecule has 2 aromatic rings. The van der Waals surface area contributed by atoms with Gasteiger partial charge in [-0.3, -0.25) is 4.99 Å². The maximum absolute atomic E-state index is 12.4. The highest BCUT2D eigenvalue weighted by molar-refractivity contribution is 7.90. The first-order chi connectivity index (χ1) is 12.9. The summed E-state index contributed by atoms with van der Waals surface area (Å²) in [5, 5.41) is 13.3. The average Bonchev–Trinajstić information content (AvgIpc) is 3.07. The van der Waals surface area contributed by atoms with Crippen LogP contribution >= 0.6 is 0 Å². The number of nitrogens with zero attached hydrogens (tertiary/aromatic N) is 1. The highest BCUT2D eigenvalue weighted by atomic mass is 32.2. The molecule has 3 rings (SSSR count). The van der Waals surface area contributed by atoms with E-state index < -0.39 is 16.1 Å². The molecule has 0 radical (unpaired) electrons. The van der Waals surface area contributed by atoms with E-state index in [1.807, 2.05) is 37.3 Å². The van der Waals surface area contributed by atoms with Gasteiger partial charge in [0.15, 0.2) is 0 Å².